The van der Waals surface area contributed by atoms with E-state index in [4.69, 9.17) is 18.9 Å². The summed E-state index contributed by atoms with van der Waals surface area (Å²) in [6.45, 7) is 2.17. The Hall–Kier alpha value is -4.71. The number of hydrazone groups is 1. The fourth-order valence-electron chi connectivity index (χ4n) is 3.86. The third kappa shape index (κ3) is 6.29. The number of hydrogen-bond acceptors (Lipinski definition) is 9. The smallest absolute Gasteiger partial charge is 0.342 e. The second-order valence-corrected chi connectivity index (χ2v) is 9.07. The monoisotopic (exact) mass is 563 g/mol. The minimum absolute atomic E-state index is 0.0208. The lowest BCUT2D eigenvalue weighted by Crippen LogP contribution is -2.34. The summed E-state index contributed by atoms with van der Waals surface area (Å²) in [7, 11) is 4.65. The number of H-pyrrole nitrogens is 1. The van der Waals surface area contributed by atoms with E-state index in [0.717, 1.165) is 11.3 Å². The number of ether oxygens (including phenoxy) is 4. The molecule has 40 heavy (non-hydrogen) atoms. The molecule has 12 heteroatoms. The van der Waals surface area contributed by atoms with Crippen LogP contribution >= 0.6 is 11.8 Å². The average Bonchev–Trinajstić information content (AvgIpc) is 3.41. The molecule has 0 spiro atoms. The molecule has 2 N–H and O–H groups in total. The predicted octanol–water partition coefficient (Wildman–Crippen LogP) is 3.09. The molecule has 0 aliphatic carbocycles. The molecule has 0 fully saturated rings. The fourth-order valence-corrected chi connectivity index (χ4v) is 4.62. The number of carbonyl (C=O) groups is 1. The van der Waals surface area contributed by atoms with Gasteiger partial charge in [0.1, 0.15) is 11.4 Å². The number of aromatic nitrogens is 3. The van der Waals surface area contributed by atoms with Gasteiger partial charge in [-0.15, -0.1) is 5.10 Å². The highest BCUT2D eigenvalue weighted by molar-refractivity contribution is 7.99. The largest absolute Gasteiger partial charge is 0.870 e. The number of hydrogen-bond donors (Lipinski definition) is 2. The van der Waals surface area contributed by atoms with Crippen LogP contribution in [0.5, 0.6) is 28.7 Å². The van der Waals surface area contributed by atoms with Crippen molar-refractivity contribution in [3.8, 4) is 45.8 Å². The molecular weight excluding hydrogens is 534 g/mol. The molecule has 0 saturated carbocycles. The van der Waals surface area contributed by atoms with E-state index >= 15 is 0 Å². The number of amides is 1. The van der Waals surface area contributed by atoms with E-state index in [0.29, 0.717) is 40.4 Å². The zero-order valence-electron chi connectivity index (χ0n) is 22.5. The Bertz CT molecular complexity index is 1470. The SMILES string of the molecule is CCOc1cccc(C=NNC(=O)CSc2n[nH]c(-c3cc(OC)c(OC)c(OC)c3)[n+]2-c2ccccc2)c1[O-]. The van der Waals surface area contributed by atoms with Crippen LogP contribution in [-0.4, -0.2) is 56.0 Å². The summed E-state index contributed by atoms with van der Waals surface area (Å²) in [5.74, 6) is 1.69. The maximum absolute atomic E-state index is 12.6. The van der Waals surface area contributed by atoms with E-state index in [1.165, 1.54) is 18.0 Å². The van der Waals surface area contributed by atoms with Crippen molar-refractivity contribution in [2.45, 2.75) is 12.1 Å². The van der Waals surface area contributed by atoms with Gasteiger partial charge in [-0.1, -0.05) is 36.1 Å². The maximum Gasteiger partial charge on any atom is 0.342 e. The lowest BCUT2D eigenvalue weighted by atomic mass is 10.1. The Morgan fingerprint density at radius 1 is 1.05 bits per heavy atom. The van der Waals surface area contributed by atoms with E-state index in [-0.39, 0.29) is 23.2 Å². The van der Waals surface area contributed by atoms with Crippen LogP contribution < -0.4 is 34.0 Å². The van der Waals surface area contributed by atoms with Gasteiger partial charge in [-0.05, 0) is 54.6 Å². The van der Waals surface area contributed by atoms with Crippen LogP contribution in [-0.2, 0) is 4.79 Å². The molecule has 0 bridgehead atoms. The third-order valence-corrected chi connectivity index (χ3v) is 6.60. The second kappa shape index (κ2) is 13.4. The number of rotatable bonds is 12. The molecular formula is C28H29N5O6S. The maximum atomic E-state index is 12.6. The first kappa shape index (κ1) is 28.3. The molecule has 0 saturated heterocycles. The number of nitrogens with one attached hydrogen (secondary N) is 2. The van der Waals surface area contributed by atoms with Gasteiger partial charge < -0.3 is 24.1 Å². The molecule has 4 rings (SSSR count). The zero-order chi connectivity index (χ0) is 28.5. The average molecular weight is 564 g/mol. The van der Waals surface area contributed by atoms with E-state index in [1.54, 1.807) is 46.5 Å². The summed E-state index contributed by atoms with van der Waals surface area (Å²) < 4.78 is 23.7. The van der Waals surface area contributed by atoms with Gasteiger partial charge in [0.2, 0.25) is 5.75 Å². The Balaban J connectivity index is 1.56. The van der Waals surface area contributed by atoms with Crippen molar-refractivity contribution in [3.05, 3.63) is 66.2 Å². The highest BCUT2D eigenvalue weighted by Gasteiger charge is 2.27. The van der Waals surface area contributed by atoms with Crippen LogP contribution in [0.25, 0.3) is 17.1 Å². The minimum Gasteiger partial charge on any atom is -0.870 e. The van der Waals surface area contributed by atoms with Gasteiger partial charge in [-0.2, -0.15) is 9.67 Å². The van der Waals surface area contributed by atoms with E-state index in [2.05, 4.69) is 20.7 Å². The lowest BCUT2D eigenvalue weighted by molar-refractivity contribution is -0.625. The van der Waals surface area contributed by atoms with Crippen molar-refractivity contribution in [1.82, 2.24) is 15.6 Å². The van der Waals surface area contributed by atoms with Crippen LogP contribution in [0, 0.1) is 0 Å². The van der Waals surface area contributed by atoms with Crippen LogP contribution in [0.4, 0.5) is 0 Å². The summed E-state index contributed by atoms with van der Waals surface area (Å²) in [6, 6.07) is 18.1. The van der Waals surface area contributed by atoms with Crippen molar-refractivity contribution in [1.29, 1.82) is 0 Å². The fraction of sp³-hybridized carbons (Fsp3) is 0.214. The molecule has 1 aromatic heterocycles. The Labute approximate surface area is 235 Å². The van der Waals surface area contributed by atoms with Crippen molar-refractivity contribution in [2.24, 2.45) is 5.10 Å². The van der Waals surface area contributed by atoms with Crippen molar-refractivity contribution in [2.75, 3.05) is 33.7 Å². The van der Waals surface area contributed by atoms with Gasteiger partial charge in [-0.3, -0.25) is 4.79 Å². The van der Waals surface area contributed by atoms with E-state index in [9.17, 15) is 9.90 Å². The van der Waals surface area contributed by atoms with Gasteiger partial charge >= 0.3 is 5.16 Å². The Morgan fingerprint density at radius 2 is 1.77 bits per heavy atom. The number of carbonyl (C=O) groups excluding carboxylic acids is 1. The summed E-state index contributed by atoms with van der Waals surface area (Å²) in [4.78, 5) is 12.6. The molecule has 11 nitrogen and oxygen atoms in total. The van der Waals surface area contributed by atoms with Crippen LogP contribution in [0.2, 0.25) is 0 Å². The van der Waals surface area contributed by atoms with Crippen molar-refractivity contribution in [3.63, 3.8) is 0 Å². The third-order valence-electron chi connectivity index (χ3n) is 5.66. The highest BCUT2D eigenvalue weighted by atomic mass is 32.2. The van der Waals surface area contributed by atoms with Gasteiger partial charge in [0.15, 0.2) is 11.5 Å². The van der Waals surface area contributed by atoms with E-state index in [1.807, 2.05) is 47.0 Å². The molecule has 208 valence electrons. The van der Waals surface area contributed by atoms with Crippen molar-refractivity contribution >= 4 is 23.9 Å². The lowest BCUT2D eigenvalue weighted by Gasteiger charge is -2.15. The van der Waals surface area contributed by atoms with Gasteiger partial charge in [0.25, 0.3) is 11.7 Å². The number of methoxy groups -OCH3 is 3. The van der Waals surface area contributed by atoms with Gasteiger partial charge in [-0.25, -0.2) is 5.43 Å². The molecule has 0 unspecified atom stereocenters. The molecule has 0 atom stereocenters. The van der Waals surface area contributed by atoms with Crippen LogP contribution in [0.15, 0.2) is 70.9 Å². The molecule has 1 heterocycles. The standard InChI is InChI=1S/C28H29N5O6S/c1-5-39-21-13-9-10-18(25(21)35)16-29-30-24(34)17-40-28-32-31-27(33(28)20-11-7-6-8-12-20)19-14-22(36-2)26(38-4)23(15-19)37-3/h6-16H,5,17H2,1-4H3,(H2,29,30,34,35). The number of thioether (sulfide) groups is 1. The Morgan fingerprint density at radius 3 is 2.42 bits per heavy atom. The number of aromatic amines is 1. The van der Waals surface area contributed by atoms with Crippen LogP contribution in [0.3, 0.4) is 0 Å². The number of para-hydroxylation sites is 2. The summed E-state index contributed by atoms with van der Waals surface area (Å²) in [5.41, 5.74) is 4.33. The number of benzene rings is 3. The molecule has 0 aliphatic heterocycles. The first-order valence-corrected chi connectivity index (χ1v) is 13.2. The molecule has 4 aromatic rings. The van der Waals surface area contributed by atoms with Crippen molar-refractivity contribution < 1.29 is 33.4 Å². The molecule has 0 aliphatic rings. The summed E-state index contributed by atoms with van der Waals surface area (Å²) in [5, 5.41) is 24.4. The first-order valence-electron chi connectivity index (χ1n) is 12.2. The van der Waals surface area contributed by atoms with Crippen LogP contribution in [0.1, 0.15) is 12.5 Å². The Kier molecular flexibility index (Phi) is 9.47. The molecule has 0 radical (unpaired) electrons. The summed E-state index contributed by atoms with van der Waals surface area (Å²) in [6.07, 6.45) is 1.30. The quantitative estimate of drug-likeness (QED) is 0.116. The second-order valence-electron chi connectivity index (χ2n) is 8.13. The molecule has 1 amide bonds. The van der Waals surface area contributed by atoms with Gasteiger partial charge in [0.05, 0.1) is 50.6 Å². The molecule has 3 aromatic carbocycles. The first-order chi connectivity index (χ1) is 19.5. The number of nitrogens with zero attached hydrogens (tertiary/aromatic N) is 3. The highest BCUT2D eigenvalue weighted by Crippen LogP contribution is 2.40. The zero-order valence-corrected chi connectivity index (χ0v) is 23.3. The van der Waals surface area contributed by atoms with E-state index < -0.39 is 0 Å². The topological polar surface area (TPSA) is 134 Å². The normalized spacial score (nSPS) is 10.9. The predicted molar refractivity (Wildman–Crippen MR) is 149 cm³/mol. The van der Waals surface area contributed by atoms with Gasteiger partial charge in [0, 0.05) is 0 Å². The summed E-state index contributed by atoms with van der Waals surface area (Å²) >= 11 is 1.22. The minimum atomic E-state index is -0.369.